The molecule has 1 rings (SSSR count). The fourth-order valence-corrected chi connectivity index (χ4v) is 4.00. The smallest absolute Gasteiger partial charge is 0.305 e. The first-order valence-electron chi connectivity index (χ1n) is 11.7. The second kappa shape index (κ2) is 16.1. The molecule has 0 aromatic carbocycles. The van der Waals surface area contributed by atoms with Crippen LogP contribution in [0.15, 0.2) is 24.3 Å². The van der Waals surface area contributed by atoms with Crippen molar-refractivity contribution < 1.29 is 24.2 Å². The van der Waals surface area contributed by atoms with E-state index in [9.17, 15) is 14.7 Å². The van der Waals surface area contributed by atoms with Gasteiger partial charge in [0.05, 0.1) is 13.2 Å². The van der Waals surface area contributed by atoms with Gasteiger partial charge in [-0.15, -0.1) is 0 Å². The first-order valence-corrected chi connectivity index (χ1v) is 11.7. The van der Waals surface area contributed by atoms with Gasteiger partial charge in [0.25, 0.3) is 0 Å². The molecule has 5 heteroatoms. The topological polar surface area (TPSA) is 72.8 Å². The molecule has 0 aliphatic heterocycles. The summed E-state index contributed by atoms with van der Waals surface area (Å²) < 4.78 is 10.2. The monoisotopic (exact) mass is 422 g/mol. The summed E-state index contributed by atoms with van der Waals surface area (Å²) >= 11 is 0. The van der Waals surface area contributed by atoms with Crippen molar-refractivity contribution in [1.82, 2.24) is 0 Å². The van der Waals surface area contributed by atoms with E-state index in [1.807, 2.05) is 18.2 Å². The van der Waals surface area contributed by atoms with E-state index < -0.39 is 0 Å². The highest BCUT2D eigenvalue weighted by molar-refractivity contribution is 5.69. The van der Waals surface area contributed by atoms with Gasteiger partial charge in [-0.2, -0.15) is 0 Å². The van der Waals surface area contributed by atoms with E-state index in [4.69, 9.17) is 4.74 Å². The van der Waals surface area contributed by atoms with Crippen molar-refractivity contribution in [3.8, 4) is 0 Å². The van der Waals surface area contributed by atoms with E-state index in [1.165, 1.54) is 46.1 Å². The Hall–Kier alpha value is -1.62. The number of hydrogen-bond acceptors (Lipinski definition) is 5. The Morgan fingerprint density at radius 1 is 1.03 bits per heavy atom. The summed E-state index contributed by atoms with van der Waals surface area (Å²) in [4.78, 5) is 22.8. The summed E-state index contributed by atoms with van der Waals surface area (Å²) in [5, 5.41) is 10.1. The van der Waals surface area contributed by atoms with Crippen LogP contribution in [0.5, 0.6) is 0 Å². The van der Waals surface area contributed by atoms with E-state index in [1.54, 1.807) is 0 Å². The van der Waals surface area contributed by atoms with Crippen molar-refractivity contribution in [2.24, 2.45) is 11.8 Å². The standard InChI is InChI=1S/C25H42O5/c1-4-5-6-7-8-9-14-22(27)15-11-10-13-21-18-19-23(21)24(30-20(2)26)16-12-17-25(28)29-3/h10-11,13,15,21-24,27H,4-9,12,14,16-19H2,1-3H3/b13-10+,15-11+/t21-,22?,23+,24?/m0/s1. The molecule has 1 fully saturated rings. The molecule has 5 nitrogen and oxygen atoms in total. The van der Waals surface area contributed by atoms with Gasteiger partial charge in [0.15, 0.2) is 0 Å². The predicted octanol–water partition coefficient (Wildman–Crippen LogP) is 5.51. The van der Waals surface area contributed by atoms with Gasteiger partial charge in [0.1, 0.15) is 6.10 Å². The minimum Gasteiger partial charge on any atom is -0.469 e. The van der Waals surface area contributed by atoms with Crippen molar-refractivity contribution >= 4 is 11.9 Å². The average molecular weight is 423 g/mol. The molecule has 0 aromatic heterocycles. The number of unbranched alkanes of at least 4 members (excludes halogenated alkanes) is 5. The third kappa shape index (κ3) is 11.5. The molecule has 1 N–H and O–H groups in total. The van der Waals surface area contributed by atoms with Gasteiger partial charge in [-0.1, -0.05) is 69.8 Å². The third-order valence-corrected chi connectivity index (χ3v) is 5.93. The first-order chi connectivity index (χ1) is 14.5. The highest BCUT2D eigenvalue weighted by Crippen LogP contribution is 2.40. The van der Waals surface area contributed by atoms with Gasteiger partial charge in [-0.3, -0.25) is 9.59 Å². The van der Waals surface area contributed by atoms with E-state index in [-0.39, 0.29) is 24.1 Å². The van der Waals surface area contributed by atoms with Crippen LogP contribution in [0.2, 0.25) is 0 Å². The zero-order valence-electron chi connectivity index (χ0n) is 19.2. The average Bonchev–Trinajstić information content (AvgIpc) is 2.68. The van der Waals surface area contributed by atoms with Crippen molar-refractivity contribution in [3.05, 3.63) is 24.3 Å². The van der Waals surface area contributed by atoms with Crippen LogP contribution in [-0.2, 0) is 19.1 Å². The molecule has 0 heterocycles. The second-order valence-electron chi connectivity index (χ2n) is 8.41. The Kier molecular flexibility index (Phi) is 14.2. The van der Waals surface area contributed by atoms with Crippen molar-refractivity contribution in [2.75, 3.05) is 7.11 Å². The molecular weight excluding hydrogens is 380 g/mol. The van der Waals surface area contributed by atoms with Gasteiger partial charge in [0, 0.05) is 19.3 Å². The summed E-state index contributed by atoms with van der Waals surface area (Å²) in [6.07, 6.45) is 19.4. The molecule has 0 amide bonds. The molecule has 0 spiro atoms. The number of carbonyl (C=O) groups excluding carboxylic acids is 2. The van der Waals surface area contributed by atoms with Crippen LogP contribution < -0.4 is 0 Å². The van der Waals surface area contributed by atoms with Crippen LogP contribution in [0, 0.1) is 11.8 Å². The Labute approximate surface area is 182 Å². The zero-order chi connectivity index (χ0) is 22.2. The molecule has 4 atom stereocenters. The lowest BCUT2D eigenvalue weighted by atomic mass is 9.69. The van der Waals surface area contributed by atoms with Crippen molar-refractivity contribution in [1.29, 1.82) is 0 Å². The molecule has 172 valence electrons. The zero-order valence-corrected chi connectivity index (χ0v) is 19.2. The van der Waals surface area contributed by atoms with Crippen LogP contribution in [0.4, 0.5) is 0 Å². The van der Waals surface area contributed by atoms with Gasteiger partial charge >= 0.3 is 11.9 Å². The lowest BCUT2D eigenvalue weighted by Gasteiger charge is -2.39. The van der Waals surface area contributed by atoms with Crippen LogP contribution in [0.3, 0.4) is 0 Å². The highest BCUT2D eigenvalue weighted by Gasteiger charge is 2.36. The van der Waals surface area contributed by atoms with Crippen LogP contribution in [-0.4, -0.2) is 36.4 Å². The van der Waals surface area contributed by atoms with Crippen molar-refractivity contribution in [3.63, 3.8) is 0 Å². The Balaban J connectivity index is 2.36. The Bertz CT molecular complexity index is 540. The fraction of sp³-hybridized carbons (Fsp3) is 0.760. The Morgan fingerprint density at radius 3 is 2.40 bits per heavy atom. The Morgan fingerprint density at radius 2 is 1.77 bits per heavy atom. The molecule has 2 unspecified atom stereocenters. The predicted molar refractivity (Wildman–Crippen MR) is 120 cm³/mol. The quantitative estimate of drug-likeness (QED) is 0.202. The van der Waals surface area contributed by atoms with Crippen LogP contribution in [0.25, 0.3) is 0 Å². The number of allylic oxidation sites excluding steroid dienone is 3. The number of hydrogen-bond donors (Lipinski definition) is 1. The molecule has 30 heavy (non-hydrogen) atoms. The summed E-state index contributed by atoms with van der Waals surface area (Å²) in [6, 6.07) is 0. The fourth-order valence-electron chi connectivity index (χ4n) is 4.00. The number of ether oxygens (including phenoxy) is 2. The summed E-state index contributed by atoms with van der Waals surface area (Å²) in [5.41, 5.74) is 0. The SMILES string of the molecule is CCCCCCCCC(O)/C=C/C=C/[C@H]1CC[C@H]1C(CCCC(=O)OC)OC(C)=O. The molecule has 1 aliphatic carbocycles. The number of rotatable bonds is 16. The minimum atomic E-state index is -0.384. The minimum absolute atomic E-state index is 0.155. The van der Waals surface area contributed by atoms with E-state index in [2.05, 4.69) is 17.7 Å². The molecule has 0 aromatic rings. The lowest BCUT2D eigenvalue weighted by Crippen LogP contribution is -2.37. The van der Waals surface area contributed by atoms with Crippen molar-refractivity contribution in [2.45, 2.75) is 103 Å². The molecular formula is C25H42O5. The third-order valence-electron chi connectivity index (χ3n) is 5.93. The van der Waals surface area contributed by atoms with Crippen LogP contribution >= 0.6 is 0 Å². The second-order valence-corrected chi connectivity index (χ2v) is 8.41. The van der Waals surface area contributed by atoms with Gasteiger partial charge in [-0.05, 0) is 38.0 Å². The number of methoxy groups -OCH3 is 1. The first kappa shape index (κ1) is 26.4. The largest absolute Gasteiger partial charge is 0.469 e. The molecule has 0 bridgehead atoms. The number of aliphatic hydroxyl groups excluding tert-OH is 1. The number of esters is 2. The number of aliphatic hydroxyl groups is 1. The van der Waals surface area contributed by atoms with Crippen LogP contribution in [0.1, 0.15) is 90.9 Å². The summed E-state index contributed by atoms with van der Waals surface area (Å²) in [5.74, 6) is 0.161. The van der Waals surface area contributed by atoms with Gasteiger partial charge in [0.2, 0.25) is 0 Å². The normalized spacial score (nSPS) is 20.8. The number of carbonyl (C=O) groups is 2. The molecule has 0 saturated heterocycles. The summed E-state index contributed by atoms with van der Waals surface area (Å²) in [6.45, 7) is 3.65. The van der Waals surface area contributed by atoms with Gasteiger partial charge in [-0.25, -0.2) is 0 Å². The molecule has 1 saturated carbocycles. The van der Waals surface area contributed by atoms with E-state index in [0.717, 1.165) is 25.7 Å². The maximum atomic E-state index is 11.5. The molecule has 1 aliphatic rings. The van der Waals surface area contributed by atoms with E-state index in [0.29, 0.717) is 31.1 Å². The summed E-state index contributed by atoms with van der Waals surface area (Å²) in [7, 11) is 1.39. The maximum Gasteiger partial charge on any atom is 0.305 e. The lowest BCUT2D eigenvalue weighted by molar-refractivity contribution is -0.153. The highest BCUT2D eigenvalue weighted by atomic mass is 16.5. The maximum absolute atomic E-state index is 11.5. The molecule has 0 radical (unpaired) electrons. The van der Waals surface area contributed by atoms with E-state index >= 15 is 0 Å². The van der Waals surface area contributed by atoms with Gasteiger partial charge < -0.3 is 14.6 Å².